The second kappa shape index (κ2) is 9.24. The molecular weight excluding hydrogens is 451 g/mol. The number of carboxylic acid groups (broad SMARTS) is 1. The quantitative estimate of drug-likeness (QED) is 0.426. The van der Waals surface area contributed by atoms with Crippen LogP contribution in [0.5, 0.6) is 0 Å². The van der Waals surface area contributed by atoms with Crippen LogP contribution in [0.4, 0.5) is 21.8 Å². The van der Waals surface area contributed by atoms with Crippen molar-refractivity contribution in [1.82, 2.24) is 29.5 Å². The van der Waals surface area contributed by atoms with Crippen LogP contribution in [0.25, 0.3) is 11.0 Å². The van der Waals surface area contributed by atoms with Crippen molar-refractivity contribution < 1.29 is 14.3 Å². The van der Waals surface area contributed by atoms with E-state index in [4.69, 9.17) is 5.11 Å². The Hall–Kier alpha value is -4.15. The van der Waals surface area contributed by atoms with E-state index in [9.17, 15) is 4.79 Å². The molecule has 0 amide bonds. The number of rotatable bonds is 6. The van der Waals surface area contributed by atoms with Crippen molar-refractivity contribution in [3.63, 3.8) is 0 Å². The van der Waals surface area contributed by atoms with Gasteiger partial charge in [-0.3, -0.25) is 0 Å². The number of aryl methyl sites for hydroxylation is 2. The van der Waals surface area contributed by atoms with Crippen LogP contribution >= 0.6 is 0 Å². The van der Waals surface area contributed by atoms with Gasteiger partial charge in [0.15, 0.2) is 5.82 Å². The molecular formula is C24H25FN8O2. The van der Waals surface area contributed by atoms with E-state index in [2.05, 4.69) is 42.1 Å². The lowest BCUT2D eigenvalue weighted by molar-refractivity contribution is 0.0690. The van der Waals surface area contributed by atoms with Gasteiger partial charge in [0.25, 0.3) is 0 Å². The zero-order valence-electron chi connectivity index (χ0n) is 19.4. The molecule has 2 N–H and O–H groups in total. The second-order valence-corrected chi connectivity index (χ2v) is 8.53. The first-order valence-corrected chi connectivity index (χ1v) is 11.5. The van der Waals surface area contributed by atoms with Gasteiger partial charge in [-0.1, -0.05) is 6.92 Å². The Kier molecular flexibility index (Phi) is 5.98. The number of anilines is 3. The van der Waals surface area contributed by atoms with Gasteiger partial charge in [-0.15, -0.1) is 0 Å². The largest absolute Gasteiger partial charge is 0.477 e. The summed E-state index contributed by atoms with van der Waals surface area (Å²) in [7, 11) is 0. The van der Waals surface area contributed by atoms with Gasteiger partial charge in [0.05, 0.1) is 16.8 Å². The van der Waals surface area contributed by atoms with E-state index in [-0.39, 0.29) is 17.1 Å². The Morgan fingerprint density at radius 1 is 1.17 bits per heavy atom. The number of aromatic nitrogens is 6. The van der Waals surface area contributed by atoms with Crippen molar-refractivity contribution in [3.05, 3.63) is 59.8 Å². The number of carboxylic acids is 1. The number of aromatic carboxylic acids is 1. The van der Waals surface area contributed by atoms with Crippen LogP contribution in [0.1, 0.15) is 47.6 Å². The number of hydrogen-bond donors (Lipinski definition) is 2. The van der Waals surface area contributed by atoms with E-state index in [0.29, 0.717) is 22.8 Å². The number of carbonyl (C=O) groups is 1. The molecule has 0 aromatic carbocycles. The van der Waals surface area contributed by atoms with Gasteiger partial charge in [0, 0.05) is 37.7 Å². The summed E-state index contributed by atoms with van der Waals surface area (Å²) in [4.78, 5) is 35.0. The van der Waals surface area contributed by atoms with Gasteiger partial charge in [-0.2, -0.15) is 0 Å². The molecule has 0 saturated carbocycles. The lowest BCUT2D eigenvalue weighted by atomic mass is 10.1. The molecule has 5 rings (SSSR count). The summed E-state index contributed by atoms with van der Waals surface area (Å²) in [5.74, 6) is -0.503. The maximum Gasteiger partial charge on any atom is 0.354 e. The third-order valence-corrected chi connectivity index (χ3v) is 6.36. The number of hydrogen-bond acceptors (Lipinski definition) is 8. The minimum Gasteiger partial charge on any atom is -0.477 e. The van der Waals surface area contributed by atoms with Crippen LogP contribution in [0.3, 0.4) is 0 Å². The average molecular weight is 477 g/mol. The average Bonchev–Trinajstić information content (AvgIpc) is 3.22. The van der Waals surface area contributed by atoms with Crippen molar-refractivity contribution in [2.75, 3.05) is 23.3 Å². The predicted molar refractivity (Wildman–Crippen MR) is 129 cm³/mol. The van der Waals surface area contributed by atoms with E-state index in [1.165, 1.54) is 18.6 Å². The minimum absolute atomic E-state index is 0.0590. The monoisotopic (exact) mass is 476 g/mol. The number of pyridine rings is 1. The Labute approximate surface area is 200 Å². The zero-order valence-corrected chi connectivity index (χ0v) is 19.4. The molecule has 0 spiro atoms. The molecule has 0 radical (unpaired) electrons. The van der Waals surface area contributed by atoms with E-state index < -0.39 is 11.8 Å². The van der Waals surface area contributed by atoms with Gasteiger partial charge in [-0.25, -0.2) is 34.1 Å². The molecule has 0 unspecified atom stereocenters. The first kappa shape index (κ1) is 22.6. The third kappa shape index (κ3) is 4.36. The highest BCUT2D eigenvalue weighted by Crippen LogP contribution is 2.33. The standard InChI is InChI=1S/C24H25FN8O2/c1-3-15-10-26-24(27-11-15)32-8-6-16(7-9-32)33-12-17(25)20-21(28-13-29-22(20)33)31-18-4-5-19(23(34)35)30-14(18)2/h4-5,10-13,16H,3,6-9H2,1-2H3,(H,34,35)(H,28,29,31). The molecule has 1 fully saturated rings. The van der Waals surface area contributed by atoms with Crippen molar-refractivity contribution >= 4 is 34.5 Å². The first-order chi connectivity index (χ1) is 16.9. The highest BCUT2D eigenvalue weighted by atomic mass is 19.1. The topological polar surface area (TPSA) is 122 Å². The number of fused-ring (bicyclic) bond motifs is 1. The summed E-state index contributed by atoms with van der Waals surface area (Å²) in [5.41, 5.74) is 2.57. The third-order valence-electron chi connectivity index (χ3n) is 6.36. The molecule has 0 bridgehead atoms. The second-order valence-electron chi connectivity index (χ2n) is 8.53. The van der Waals surface area contributed by atoms with Crippen molar-refractivity contribution in [3.8, 4) is 0 Å². The molecule has 10 nitrogen and oxygen atoms in total. The smallest absolute Gasteiger partial charge is 0.354 e. The molecule has 1 aliphatic rings. The molecule has 5 heterocycles. The number of nitrogens with one attached hydrogen (secondary N) is 1. The fourth-order valence-corrected chi connectivity index (χ4v) is 4.39. The molecule has 35 heavy (non-hydrogen) atoms. The summed E-state index contributed by atoms with van der Waals surface area (Å²) in [6, 6.07) is 3.07. The van der Waals surface area contributed by atoms with Crippen LogP contribution in [-0.2, 0) is 6.42 Å². The lowest BCUT2D eigenvalue weighted by Crippen LogP contribution is -2.35. The molecule has 0 atom stereocenters. The summed E-state index contributed by atoms with van der Waals surface area (Å²) in [5, 5.41) is 12.5. The van der Waals surface area contributed by atoms with Gasteiger partial charge >= 0.3 is 5.97 Å². The van der Waals surface area contributed by atoms with Crippen LogP contribution in [0, 0.1) is 12.7 Å². The molecule has 180 valence electrons. The van der Waals surface area contributed by atoms with Crippen molar-refractivity contribution in [2.45, 2.75) is 39.2 Å². The van der Waals surface area contributed by atoms with Crippen molar-refractivity contribution in [2.24, 2.45) is 0 Å². The minimum atomic E-state index is -1.11. The molecule has 4 aromatic rings. The summed E-state index contributed by atoms with van der Waals surface area (Å²) >= 11 is 0. The van der Waals surface area contributed by atoms with Gasteiger partial charge in [-0.05, 0) is 43.9 Å². The highest BCUT2D eigenvalue weighted by molar-refractivity contribution is 5.91. The van der Waals surface area contributed by atoms with E-state index in [1.807, 2.05) is 17.0 Å². The molecule has 1 saturated heterocycles. The fraction of sp³-hybridized carbons (Fsp3) is 0.333. The molecule has 1 aliphatic heterocycles. The van der Waals surface area contributed by atoms with Crippen LogP contribution in [0.2, 0.25) is 0 Å². The molecule has 0 aliphatic carbocycles. The maximum absolute atomic E-state index is 15.1. The van der Waals surface area contributed by atoms with Gasteiger partial charge in [0.2, 0.25) is 5.95 Å². The number of piperidine rings is 1. The van der Waals surface area contributed by atoms with E-state index in [1.54, 1.807) is 13.0 Å². The van der Waals surface area contributed by atoms with E-state index >= 15 is 4.39 Å². The Morgan fingerprint density at radius 3 is 2.57 bits per heavy atom. The highest BCUT2D eigenvalue weighted by Gasteiger charge is 2.26. The van der Waals surface area contributed by atoms with Crippen molar-refractivity contribution in [1.29, 1.82) is 0 Å². The van der Waals surface area contributed by atoms with Crippen LogP contribution in [-0.4, -0.2) is 53.7 Å². The SMILES string of the molecule is CCc1cnc(N2CCC(n3cc(F)c4c(Nc5ccc(C(=O)O)nc5C)ncnc43)CC2)nc1. The normalized spacial score (nSPS) is 14.4. The lowest BCUT2D eigenvalue weighted by Gasteiger charge is -2.32. The van der Waals surface area contributed by atoms with E-state index in [0.717, 1.165) is 43.9 Å². The summed E-state index contributed by atoms with van der Waals surface area (Å²) in [6.45, 7) is 5.27. The van der Waals surface area contributed by atoms with Crippen LogP contribution < -0.4 is 10.2 Å². The Bertz CT molecular complexity index is 1380. The van der Waals surface area contributed by atoms with Crippen LogP contribution in [0.15, 0.2) is 37.1 Å². The summed E-state index contributed by atoms with van der Waals surface area (Å²) in [6.07, 6.45) is 9.10. The Balaban J connectivity index is 1.37. The molecule has 4 aromatic heterocycles. The first-order valence-electron chi connectivity index (χ1n) is 11.5. The Morgan fingerprint density at radius 2 is 1.91 bits per heavy atom. The fourth-order valence-electron chi connectivity index (χ4n) is 4.39. The zero-order chi connectivity index (χ0) is 24.5. The predicted octanol–water partition coefficient (Wildman–Crippen LogP) is 3.91. The maximum atomic E-state index is 15.1. The number of nitrogens with zero attached hydrogens (tertiary/aromatic N) is 7. The number of halogens is 1. The summed E-state index contributed by atoms with van der Waals surface area (Å²) < 4.78 is 17.0. The van der Waals surface area contributed by atoms with Gasteiger partial charge in [0.1, 0.15) is 23.5 Å². The molecule has 11 heteroatoms. The van der Waals surface area contributed by atoms with Gasteiger partial charge < -0.3 is 19.9 Å².